The summed E-state index contributed by atoms with van der Waals surface area (Å²) < 4.78 is 1.62. The Morgan fingerprint density at radius 3 is 2.71 bits per heavy atom. The second-order valence-corrected chi connectivity index (χ2v) is 6.89. The Balaban J connectivity index is 2.06. The maximum atomic E-state index is 12.3. The number of halogens is 1. The first kappa shape index (κ1) is 18.1. The molecule has 0 saturated heterocycles. The number of thioether (sulfide) groups is 1. The van der Waals surface area contributed by atoms with E-state index in [0.29, 0.717) is 10.8 Å². The molecule has 0 aliphatic heterocycles. The normalized spacial score (nSPS) is 12.2. The van der Waals surface area contributed by atoms with E-state index in [2.05, 4.69) is 20.8 Å². The van der Waals surface area contributed by atoms with E-state index in [1.807, 2.05) is 13.8 Å². The molecule has 11 heteroatoms. The molecule has 24 heavy (non-hydrogen) atoms. The summed E-state index contributed by atoms with van der Waals surface area (Å²) in [5, 5.41) is 24.9. The molecule has 0 bridgehead atoms. The van der Waals surface area contributed by atoms with Crippen molar-refractivity contribution in [2.45, 2.75) is 37.2 Å². The number of carbonyl (C=O) groups is 1. The van der Waals surface area contributed by atoms with Crippen molar-refractivity contribution in [3.8, 4) is 0 Å². The number of non-ortho nitro benzene ring substituents is 1. The number of rotatable bonds is 6. The van der Waals surface area contributed by atoms with Gasteiger partial charge in [0.1, 0.15) is 0 Å². The van der Waals surface area contributed by atoms with E-state index < -0.39 is 10.2 Å². The number of nitro benzene ring substituents is 1. The van der Waals surface area contributed by atoms with Gasteiger partial charge in [-0.2, -0.15) is 0 Å². The van der Waals surface area contributed by atoms with Gasteiger partial charge in [0, 0.05) is 12.1 Å². The van der Waals surface area contributed by atoms with Crippen LogP contribution >= 0.6 is 23.4 Å². The zero-order chi connectivity index (χ0) is 17.9. The van der Waals surface area contributed by atoms with Crippen LogP contribution in [0.5, 0.6) is 0 Å². The number of amides is 1. The molecule has 0 spiro atoms. The Hall–Kier alpha value is -2.20. The van der Waals surface area contributed by atoms with E-state index in [1.165, 1.54) is 30.0 Å². The minimum atomic E-state index is -0.554. The van der Waals surface area contributed by atoms with Gasteiger partial charge in [-0.1, -0.05) is 23.4 Å². The third-order valence-electron chi connectivity index (χ3n) is 3.02. The predicted octanol–water partition coefficient (Wildman–Crippen LogP) is 2.93. The van der Waals surface area contributed by atoms with E-state index in [1.54, 1.807) is 11.6 Å². The second-order valence-electron chi connectivity index (χ2n) is 5.17. The number of carbonyl (C=O) groups excluding carboxylic acids is 1. The molecule has 0 radical (unpaired) electrons. The van der Waals surface area contributed by atoms with Crippen LogP contribution < -0.4 is 5.32 Å². The van der Waals surface area contributed by atoms with Crippen LogP contribution in [0.15, 0.2) is 23.4 Å². The monoisotopic (exact) mass is 370 g/mol. The Morgan fingerprint density at radius 1 is 1.42 bits per heavy atom. The maximum Gasteiger partial charge on any atom is 0.271 e. The van der Waals surface area contributed by atoms with Crippen molar-refractivity contribution >= 4 is 40.6 Å². The molecule has 1 amide bonds. The van der Waals surface area contributed by atoms with Crippen molar-refractivity contribution in [2.24, 2.45) is 0 Å². The van der Waals surface area contributed by atoms with Crippen molar-refractivity contribution in [3.05, 3.63) is 33.3 Å². The summed E-state index contributed by atoms with van der Waals surface area (Å²) in [6.45, 7) is 5.57. The molecule has 1 N–H and O–H groups in total. The fourth-order valence-corrected chi connectivity index (χ4v) is 2.90. The second kappa shape index (κ2) is 7.58. The van der Waals surface area contributed by atoms with Gasteiger partial charge >= 0.3 is 0 Å². The van der Waals surface area contributed by atoms with Crippen molar-refractivity contribution in [2.75, 3.05) is 5.32 Å². The molecule has 1 aromatic heterocycles. The molecule has 0 aliphatic carbocycles. The van der Waals surface area contributed by atoms with Crippen molar-refractivity contribution in [1.29, 1.82) is 0 Å². The van der Waals surface area contributed by atoms with Gasteiger partial charge in [0.25, 0.3) is 5.69 Å². The molecule has 0 saturated carbocycles. The zero-order valence-electron chi connectivity index (χ0n) is 13.1. The fourth-order valence-electron chi connectivity index (χ4n) is 1.75. The molecule has 0 fully saturated rings. The first-order valence-corrected chi connectivity index (χ1v) is 8.24. The smallest absolute Gasteiger partial charge is 0.271 e. The van der Waals surface area contributed by atoms with Crippen LogP contribution in [0.4, 0.5) is 11.4 Å². The van der Waals surface area contributed by atoms with Gasteiger partial charge in [-0.15, -0.1) is 5.10 Å². The average molecular weight is 371 g/mol. The van der Waals surface area contributed by atoms with Gasteiger partial charge < -0.3 is 5.32 Å². The van der Waals surface area contributed by atoms with Crippen molar-refractivity contribution < 1.29 is 9.72 Å². The number of benzene rings is 1. The number of hydrogen-bond donors (Lipinski definition) is 1. The lowest BCUT2D eigenvalue weighted by Crippen LogP contribution is -2.23. The molecule has 1 aromatic carbocycles. The molecular formula is C13H15ClN6O3S. The van der Waals surface area contributed by atoms with Gasteiger partial charge in [-0.05, 0) is 37.3 Å². The summed E-state index contributed by atoms with van der Waals surface area (Å²) >= 11 is 7.18. The van der Waals surface area contributed by atoms with Gasteiger partial charge in [0.15, 0.2) is 0 Å². The highest BCUT2D eigenvalue weighted by atomic mass is 35.5. The van der Waals surface area contributed by atoms with E-state index >= 15 is 0 Å². The van der Waals surface area contributed by atoms with E-state index in [4.69, 9.17) is 11.6 Å². The van der Waals surface area contributed by atoms with Crippen LogP contribution in [-0.2, 0) is 4.79 Å². The zero-order valence-corrected chi connectivity index (χ0v) is 14.7. The van der Waals surface area contributed by atoms with Gasteiger partial charge in [0.2, 0.25) is 11.1 Å². The summed E-state index contributed by atoms with van der Waals surface area (Å²) in [4.78, 5) is 22.4. The number of tetrazole rings is 1. The summed E-state index contributed by atoms with van der Waals surface area (Å²) in [5.74, 6) is -0.311. The molecule has 0 aliphatic rings. The summed E-state index contributed by atoms with van der Waals surface area (Å²) in [6.07, 6.45) is 0. The Labute approximate surface area is 146 Å². The molecule has 2 rings (SSSR count). The topological polar surface area (TPSA) is 116 Å². The van der Waals surface area contributed by atoms with E-state index in [-0.39, 0.29) is 22.7 Å². The lowest BCUT2D eigenvalue weighted by atomic mass is 10.2. The first-order valence-electron chi connectivity index (χ1n) is 6.99. The predicted molar refractivity (Wildman–Crippen MR) is 90.3 cm³/mol. The summed E-state index contributed by atoms with van der Waals surface area (Å²) in [7, 11) is 0. The molecule has 1 heterocycles. The van der Waals surface area contributed by atoms with Crippen molar-refractivity contribution in [3.63, 3.8) is 0 Å². The van der Waals surface area contributed by atoms with Crippen LogP contribution in [0, 0.1) is 10.1 Å². The number of nitrogens with zero attached hydrogens (tertiary/aromatic N) is 5. The van der Waals surface area contributed by atoms with Crippen LogP contribution in [0.3, 0.4) is 0 Å². The van der Waals surface area contributed by atoms with Crippen LogP contribution in [0.1, 0.15) is 26.8 Å². The molecule has 128 valence electrons. The number of hydrogen-bond acceptors (Lipinski definition) is 7. The van der Waals surface area contributed by atoms with Gasteiger partial charge in [0.05, 0.1) is 26.9 Å². The van der Waals surface area contributed by atoms with Crippen LogP contribution in [-0.4, -0.2) is 36.3 Å². The Bertz CT molecular complexity index is 766. The average Bonchev–Trinajstić information content (AvgIpc) is 2.97. The lowest BCUT2D eigenvalue weighted by molar-refractivity contribution is -0.384. The highest BCUT2D eigenvalue weighted by Gasteiger charge is 2.21. The summed E-state index contributed by atoms with van der Waals surface area (Å²) in [5.41, 5.74) is 0.166. The number of aromatic nitrogens is 4. The first-order chi connectivity index (χ1) is 11.3. The quantitative estimate of drug-likeness (QED) is 0.472. The number of nitrogens with one attached hydrogen (secondary N) is 1. The standard InChI is InChI=1S/C13H15ClN6O3S/c1-7(2)19-13(16-17-18-19)24-8(3)12(21)15-11-5-4-9(20(22)23)6-10(11)14/h4-8H,1-3H3,(H,15,21)/t8-/m1/s1. The van der Waals surface area contributed by atoms with E-state index in [0.717, 1.165) is 0 Å². The summed E-state index contributed by atoms with van der Waals surface area (Å²) in [6, 6.07) is 3.93. The van der Waals surface area contributed by atoms with Gasteiger partial charge in [-0.25, -0.2) is 4.68 Å². The molecule has 2 aromatic rings. The van der Waals surface area contributed by atoms with Gasteiger partial charge in [-0.3, -0.25) is 14.9 Å². The highest BCUT2D eigenvalue weighted by Crippen LogP contribution is 2.28. The van der Waals surface area contributed by atoms with Crippen LogP contribution in [0.2, 0.25) is 5.02 Å². The number of nitro groups is 1. The fraction of sp³-hybridized carbons (Fsp3) is 0.385. The number of anilines is 1. The Morgan fingerprint density at radius 2 is 2.12 bits per heavy atom. The molecular weight excluding hydrogens is 356 g/mol. The third kappa shape index (κ3) is 4.20. The Kier molecular flexibility index (Phi) is 5.73. The molecule has 0 unspecified atom stereocenters. The molecule has 1 atom stereocenters. The molecule has 9 nitrogen and oxygen atoms in total. The van der Waals surface area contributed by atoms with Crippen molar-refractivity contribution in [1.82, 2.24) is 20.2 Å². The SMILES string of the molecule is CC(C)n1nnnc1S[C@H](C)C(=O)Nc1ccc([N+](=O)[O-])cc1Cl. The third-order valence-corrected chi connectivity index (χ3v) is 4.38. The lowest BCUT2D eigenvalue weighted by Gasteiger charge is -2.13. The maximum absolute atomic E-state index is 12.3. The van der Waals surface area contributed by atoms with Crippen LogP contribution in [0.25, 0.3) is 0 Å². The highest BCUT2D eigenvalue weighted by molar-refractivity contribution is 8.00. The minimum absolute atomic E-state index is 0.0712. The van der Waals surface area contributed by atoms with E-state index in [9.17, 15) is 14.9 Å². The minimum Gasteiger partial charge on any atom is -0.324 e. The largest absolute Gasteiger partial charge is 0.324 e.